The molecular weight excluding hydrogens is 178 g/mol. The second kappa shape index (κ2) is 4.16. The first-order chi connectivity index (χ1) is 6.36. The molecule has 0 radical (unpaired) electrons. The molecule has 1 nitrogen and oxygen atoms in total. The molecule has 0 N–H and O–H groups in total. The molecular formula is C11H15NS. The average Bonchev–Trinajstić information content (AvgIpc) is 2.54. The van der Waals surface area contributed by atoms with Crippen LogP contribution in [0.4, 0.5) is 0 Å². The molecule has 2 heteroatoms. The third kappa shape index (κ3) is 2.26. The molecule has 1 aromatic carbocycles. The van der Waals surface area contributed by atoms with Crippen molar-refractivity contribution in [1.82, 2.24) is 4.90 Å². The van der Waals surface area contributed by atoms with Gasteiger partial charge >= 0.3 is 0 Å². The number of likely N-dealkylation sites (tertiary alicyclic amines) is 1. The molecule has 0 aromatic heterocycles. The first kappa shape index (κ1) is 9.10. The molecule has 1 fully saturated rings. The van der Waals surface area contributed by atoms with Crippen LogP contribution in [0.5, 0.6) is 0 Å². The molecule has 0 spiro atoms. The minimum Gasteiger partial charge on any atom is -0.287 e. The highest BCUT2D eigenvalue weighted by Gasteiger charge is 2.20. The van der Waals surface area contributed by atoms with Gasteiger partial charge in [0.1, 0.15) is 0 Å². The van der Waals surface area contributed by atoms with Crippen molar-refractivity contribution in [2.24, 2.45) is 0 Å². The molecule has 0 amide bonds. The van der Waals surface area contributed by atoms with Gasteiger partial charge in [-0.3, -0.25) is 4.90 Å². The average molecular weight is 193 g/mol. The molecule has 1 unspecified atom stereocenters. The Labute approximate surface area is 85.2 Å². The van der Waals surface area contributed by atoms with Crippen molar-refractivity contribution in [3.05, 3.63) is 35.9 Å². The highest BCUT2D eigenvalue weighted by Crippen LogP contribution is 2.21. The van der Waals surface area contributed by atoms with Gasteiger partial charge in [-0.05, 0) is 24.9 Å². The van der Waals surface area contributed by atoms with Gasteiger partial charge in [0.15, 0.2) is 0 Å². The van der Waals surface area contributed by atoms with Gasteiger partial charge < -0.3 is 0 Å². The van der Waals surface area contributed by atoms with Gasteiger partial charge in [0.25, 0.3) is 0 Å². The molecule has 0 aliphatic carbocycles. The molecule has 1 saturated heterocycles. The molecule has 0 saturated carbocycles. The summed E-state index contributed by atoms with van der Waals surface area (Å²) in [6, 6.07) is 10.6. The van der Waals surface area contributed by atoms with Crippen molar-refractivity contribution >= 4 is 12.6 Å². The summed E-state index contributed by atoms with van der Waals surface area (Å²) < 4.78 is 0. The number of thiol groups is 1. The quantitative estimate of drug-likeness (QED) is 0.706. The number of nitrogens with zero attached hydrogens (tertiary/aromatic N) is 1. The Hall–Kier alpha value is -0.470. The van der Waals surface area contributed by atoms with Crippen LogP contribution in [0.15, 0.2) is 30.3 Å². The lowest BCUT2D eigenvalue weighted by molar-refractivity contribution is 0.310. The fraction of sp³-hybridized carbons (Fsp3) is 0.455. The standard InChI is InChI=1S/C11H15NS/c13-11-7-4-8-12(11)9-10-5-2-1-3-6-10/h1-3,5-6,11,13H,4,7-9H2. The second-order valence-corrected chi connectivity index (χ2v) is 4.18. The summed E-state index contributed by atoms with van der Waals surface area (Å²) >= 11 is 4.54. The molecule has 0 bridgehead atoms. The van der Waals surface area contributed by atoms with E-state index in [4.69, 9.17) is 0 Å². The van der Waals surface area contributed by atoms with E-state index in [0.717, 1.165) is 6.54 Å². The van der Waals surface area contributed by atoms with Crippen molar-refractivity contribution in [3.8, 4) is 0 Å². The zero-order valence-electron chi connectivity index (χ0n) is 7.69. The van der Waals surface area contributed by atoms with Crippen LogP contribution in [0.1, 0.15) is 18.4 Å². The summed E-state index contributed by atoms with van der Waals surface area (Å²) in [7, 11) is 0. The minimum atomic E-state index is 0.472. The first-order valence-corrected chi connectivity index (χ1v) is 5.34. The molecule has 1 atom stereocenters. The summed E-state index contributed by atoms with van der Waals surface area (Å²) in [6.45, 7) is 2.25. The van der Waals surface area contributed by atoms with Crippen LogP contribution in [0.25, 0.3) is 0 Å². The van der Waals surface area contributed by atoms with Crippen LogP contribution in [-0.2, 0) is 6.54 Å². The maximum absolute atomic E-state index is 4.54. The minimum absolute atomic E-state index is 0.472. The Bertz CT molecular complexity index is 260. The highest BCUT2D eigenvalue weighted by atomic mass is 32.1. The predicted molar refractivity (Wildman–Crippen MR) is 58.9 cm³/mol. The van der Waals surface area contributed by atoms with Gasteiger partial charge in [0, 0.05) is 6.54 Å². The zero-order chi connectivity index (χ0) is 9.10. The van der Waals surface area contributed by atoms with Gasteiger partial charge in [-0.2, -0.15) is 12.6 Å². The fourth-order valence-electron chi connectivity index (χ4n) is 1.81. The molecule has 1 aliphatic rings. The van der Waals surface area contributed by atoms with E-state index in [1.54, 1.807) is 0 Å². The van der Waals surface area contributed by atoms with Crippen LogP contribution in [0, 0.1) is 0 Å². The lowest BCUT2D eigenvalue weighted by atomic mass is 10.2. The van der Waals surface area contributed by atoms with E-state index in [2.05, 4.69) is 47.9 Å². The smallest absolute Gasteiger partial charge is 0.0531 e. The lowest BCUT2D eigenvalue weighted by Crippen LogP contribution is -2.24. The maximum atomic E-state index is 4.54. The van der Waals surface area contributed by atoms with Crippen LogP contribution in [0.3, 0.4) is 0 Å². The van der Waals surface area contributed by atoms with Crippen molar-refractivity contribution < 1.29 is 0 Å². The predicted octanol–water partition coefficient (Wildman–Crippen LogP) is 2.54. The lowest BCUT2D eigenvalue weighted by Gasteiger charge is -2.19. The van der Waals surface area contributed by atoms with Gasteiger partial charge in [-0.25, -0.2) is 0 Å². The normalized spacial score (nSPS) is 23.6. The number of hydrogen-bond acceptors (Lipinski definition) is 2. The summed E-state index contributed by atoms with van der Waals surface area (Å²) in [5.41, 5.74) is 1.39. The van der Waals surface area contributed by atoms with E-state index in [1.807, 2.05) is 0 Å². The third-order valence-electron chi connectivity index (χ3n) is 2.56. The van der Waals surface area contributed by atoms with Crippen LogP contribution in [-0.4, -0.2) is 16.8 Å². The fourth-order valence-corrected chi connectivity index (χ4v) is 2.19. The Morgan fingerprint density at radius 3 is 2.69 bits per heavy atom. The van der Waals surface area contributed by atoms with Crippen LogP contribution in [0.2, 0.25) is 0 Å². The monoisotopic (exact) mass is 193 g/mol. The largest absolute Gasteiger partial charge is 0.287 e. The molecule has 1 heterocycles. The Morgan fingerprint density at radius 1 is 1.31 bits per heavy atom. The van der Waals surface area contributed by atoms with E-state index in [1.165, 1.54) is 24.9 Å². The molecule has 13 heavy (non-hydrogen) atoms. The van der Waals surface area contributed by atoms with Crippen LogP contribution >= 0.6 is 12.6 Å². The zero-order valence-corrected chi connectivity index (χ0v) is 8.58. The van der Waals surface area contributed by atoms with Crippen LogP contribution < -0.4 is 0 Å². The third-order valence-corrected chi connectivity index (χ3v) is 3.14. The molecule has 2 rings (SSSR count). The summed E-state index contributed by atoms with van der Waals surface area (Å²) in [4.78, 5) is 2.43. The number of hydrogen-bond donors (Lipinski definition) is 1. The van der Waals surface area contributed by atoms with E-state index in [-0.39, 0.29) is 0 Å². The Morgan fingerprint density at radius 2 is 2.08 bits per heavy atom. The van der Waals surface area contributed by atoms with E-state index in [9.17, 15) is 0 Å². The van der Waals surface area contributed by atoms with Crippen molar-refractivity contribution in [2.45, 2.75) is 24.8 Å². The van der Waals surface area contributed by atoms with Gasteiger partial charge in [-0.15, -0.1) is 0 Å². The SMILES string of the molecule is SC1CCCN1Cc1ccccc1. The van der Waals surface area contributed by atoms with E-state index < -0.39 is 0 Å². The van der Waals surface area contributed by atoms with Gasteiger partial charge in [0.2, 0.25) is 0 Å². The molecule has 1 aromatic rings. The summed E-state index contributed by atoms with van der Waals surface area (Å²) in [5.74, 6) is 0. The van der Waals surface area contributed by atoms with Crippen molar-refractivity contribution in [3.63, 3.8) is 0 Å². The maximum Gasteiger partial charge on any atom is 0.0531 e. The van der Waals surface area contributed by atoms with Gasteiger partial charge in [-0.1, -0.05) is 30.3 Å². The highest BCUT2D eigenvalue weighted by molar-refractivity contribution is 7.80. The number of rotatable bonds is 2. The topological polar surface area (TPSA) is 3.24 Å². The molecule has 1 aliphatic heterocycles. The van der Waals surface area contributed by atoms with Crippen molar-refractivity contribution in [2.75, 3.05) is 6.54 Å². The second-order valence-electron chi connectivity index (χ2n) is 3.58. The van der Waals surface area contributed by atoms with E-state index in [0.29, 0.717) is 5.37 Å². The Balaban J connectivity index is 1.98. The number of benzene rings is 1. The summed E-state index contributed by atoms with van der Waals surface area (Å²) in [6.07, 6.45) is 2.52. The first-order valence-electron chi connectivity index (χ1n) is 4.82. The summed E-state index contributed by atoms with van der Waals surface area (Å²) in [5, 5.41) is 0.472. The van der Waals surface area contributed by atoms with Gasteiger partial charge in [0.05, 0.1) is 5.37 Å². The molecule has 70 valence electrons. The van der Waals surface area contributed by atoms with E-state index >= 15 is 0 Å². The Kier molecular flexibility index (Phi) is 2.91. The van der Waals surface area contributed by atoms with Crippen molar-refractivity contribution in [1.29, 1.82) is 0 Å².